The zero-order valence-electron chi connectivity index (χ0n) is 22.0. The average molecular weight is 511 g/mol. The summed E-state index contributed by atoms with van der Waals surface area (Å²) in [6.45, 7) is 5.23. The Morgan fingerprint density at radius 2 is 1.50 bits per heavy atom. The Balaban J connectivity index is 1.31. The molecule has 3 amide bonds. The van der Waals surface area contributed by atoms with Crippen molar-refractivity contribution in [2.45, 2.75) is 38.3 Å². The number of likely N-dealkylation sites (tertiary alicyclic amines) is 1. The molecule has 3 aromatic rings. The summed E-state index contributed by atoms with van der Waals surface area (Å²) in [7, 11) is 0. The van der Waals surface area contributed by atoms with Crippen LogP contribution < -0.4 is 10.2 Å². The first kappa shape index (κ1) is 25.5. The standard InChI is InChI=1S/C31H34N4O3/c1-23-13-15-26(16-14-23)29(37)33-19-17-31(18-20-33)30(38)34(22-35(31)27-11-7-4-8-12-27)21-28(36)32-24(2)25-9-5-3-6-10-25/h3-16,24H,17-22H2,1-2H3,(H,32,36)/t24-/m0/s1. The number of nitrogens with one attached hydrogen (secondary N) is 1. The topological polar surface area (TPSA) is 73.0 Å². The number of anilines is 1. The third kappa shape index (κ3) is 5.01. The molecule has 2 aliphatic heterocycles. The number of rotatable bonds is 6. The van der Waals surface area contributed by atoms with Gasteiger partial charge in [0.1, 0.15) is 12.1 Å². The Morgan fingerprint density at radius 3 is 2.13 bits per heavy atom. The summed E-state index contributed by atoms with van der Waals surface area (Å²) in [5.74, 6) is -0.249. The van der Waals surface area contributed by atoms with Gasteiger partial charge in [-0.3, -0.25) is 14.4 Å². The van der Waals surface area contributed by atoms with Crippen molar-refractivity contribution < 1.29 is 14.4 Å². The molecule has 196 valence electrons. The number of carbonyl (C=O) groups excluding carboxylic acids is 3. The highest BCUT2D eigenvalue weighted by atomic mass is 16.2. The Hall–Kier alpha value is -4.13. The molecule has 2 aliphatic rings. The van der Waals surface area contributed by atoms with Gasteiger partial charge in [0.15, 0.2) is 0 Å². The SMILES string of the molecule is Cc1ccc(C(=O)N2CCC3(CC2)C(=O)N(CC(=O)N[C@@H](C)c2ccccc2)CN3c2ccccc2)cc1. The maximum absolute atomic E-state index is 13.9. The van der Waals surface area contributed by atoms with Gasteiger partial charge in [-0.25, -0.2) is 0 Å². The van der Waals surface area contributed by atoms with E-state index in [2.05, 4.69) is 10.2 Å². The first-order chi connectivity index (χ1) is 18.4. The van der Waals surface area contributed by atoms with E-state index < -0.39 is 5.54 Å². The molecular formula is C31H34N4O3. The van der Waals surface area contributed by atoms with Gasteiger partial charge in [-0.05, 0) is 56.5 Å². The van der Waals surface area contributed by atoms with Crippen LogP contribution in [0.1, 0.15) is 47.3 Å². The Kier molecular flexibility index (Phi) is 7.18. The van der Waals surface area contributed by atoms with Gasteiger partial charge in [0, 0.05) is 24.3 Å². The number of carbonyl (C=O) groups is 3. The Labute approximate surface area is 224 Å². The van der Waals surface area contributed by atoms with Gasteiger partial charge in [0.2, 0.25) is 5.91 Å². The quantitative estimate of drug-likeness (QED) is 0.541. The molecule has 2 fully saturated rings. The molecule has 3 aromatic carbocycles. The minimum atomic E-state index is -0.781. The molecule has 7 nitrogen and oxygen atoms in total. The van der Waals surface area contributed by atoms with Crippen molar-refractivity contribution >= 4 is 23.4 Å². The lowest BCUT2D eigenvalue weighted by Crippen LogP contribution is -2.57. The van der Waals surface area contributed by atoms with Crippen LogP contribution in [0.3, 0.4) is 0 Å². The summed E-state index contributed by atoms with van der Waals surface area (Å²) >= 11 is 0. The number of nitrogens with zero attached hydrogens (tertiary/aromatic N) is 3. The fourth-order valence-electron chi connectivity index (χ4n) is 5.57. The Bertz CT molecular complexity index is 1290. The number of hydrogen-bond acceptors (Lipinski definition) is 4. The van der Waals surface area contributed by atoms with Crippen molar-refractivity contribution in [3.8, 4) is 0 Å². The lowest BCUT2D eigenvalue weighted by Gasteiger charge is -2.43. The van der Waals surface area contributed by atoms with Crippen molar-refractivity contribution in [1.29, 1.82) is 0 Å². The van der Waals surface area contributed by atoms with Crippen molar-refractivity contribution in [3.63, 3.8) is 0 Å². The predicted molar refractivity (Wildman–Crippen MR) is 148 cm³/mol. The molecular weight excluding hydrogens is 476 g/mol. The second-order valence-electron chi connectivity index (χ2n) is 10.3. The number of amides is 3. The van der Waals surface area contributed by atoms with Crippen LogP contribution >= 0.6 is 0 Å². The summed E-state index contributed by atoms with van der Waals surface area (Å²) in [6.07, 6.45) is 1.02. The van der Waals surface area contributed by atoms with Gasteiger partial charge in [0.05, 0.1) is 12.7 Å². The predicted octanol–water partition coefficient (Wildman–Crippen LogP) is 4.15. The fourth-order valence-corrected chi connectivity index (χ4v) is 5.57. The van der Waals surface area contributed by atoms with Crippen LogP contribution in [-0.2, 0) is 9.59 Å². The number of aryl methyl sites for hydroxylation is 1. The van der Waals surface area contributed by atoms with Crippen LogP contribution in [0.25, 0.3) is 0 Å². The van der Waals surface area contributed by atoms with Crippen LogP contribution in [0, 0.1) is 6.92 Å². The number of hydrogen-bond donors (Lipinski definition) is 1. The van der Waals surface area contributed by atoms with E-state index >= 15 is 0 Å². The van der Waals surface area contributed by atoms with Crippen LogP contribution in [0.4, 0.5) is 5.69 Å². The molecule has 0 saturated carbocycles. The molecule has 2 saturated heterocycles. The van der Waals surface area contributed by atoms with Gasteiger partial charge in [-0.2, -0.15) is 0 Å². The van der Waals surface area contributed by atoms with E-state index in [0.29, 0.717) is 38.2 Å². The molecule has 7 heteroatoms. The summed E-state index contributed by atoms with van der Waals surface area (Å²) < 4.78 is 0. The molecule has 0 aliphatic carbocycles. The highest BCUT2D eigenvalue weighted by Gasteiger charge is 2.54. The van der Waals surface area contributed by atoms with Crippen molar-refractivity contribution in [3.05, 3.63) is 102 Å². The largest absolute Gasteiger partial charge is 0.348 e. The normalized spacial score (nSPS) is 17.5. The van der Waals surface area contributed by atoms with Crippen molar-refractivity contribution in [1.82, 2.24) is 15.1 Å². The minimum Gasteiger partial charge on any atom is -0.348 e. The molecule has 1 atom stereocenters. The number of piperidine rings is 1. The van der Waals surface area contributed by atoms with Gasteiger partial charge in [0.25, 0.3) is 11.8 Å². The molecule has 0 bridgehead atoms. The van der Waals surface area contributed by atoms with E-state index in [-0.39, 0.29) is 30.3 Å². The first-order valence-electron chi connectivity index (χ1n) is 13.2. The lowest BCUT2D eigenvalue weighted by molar-refractivity contribution is -0.137. The minimum absolute atomic E-state index is 0.00684. The van der Waals surface area contributed by atoms with Crippen molar-refractivity contribution in [2.75, 3.05) is 31.2 Å². The van der Waals surface area contributed by atoms with Crippen LogP contribution in [-0.4, -0.2) is 59.4 Å². The molecule has 38 heavy (non-hydrogen) atoms. The number of para-hydroxylation sites is 1. The zero-order valence-corrected chi connectivity index (χ0v) is 22.0. The molecule has 0 unspecified atom stereocenters. The van der Waals surface area contributed by atoms with E-state index in [0.717, 1.165) is 16.8 Å². The fraction of sp³-hybridized carbons (Fsp3) is 0.323. The van der Waals surface area contributed by atoms with Gasteiger partial charge in [-0.15, -0.1) is 0 Å². The monoisotopic (exact) mass is 510 g/mol. The zero-order chi connectivity index (χ0) is 26.7. The molecule has 2 heterocycles. The van der Waals surface area contributed by atoms with Gasteiger partial charge >= 0.3 is 0 Å². The molecule has 1 N–H and O–H groups in total. The van der Waals surface area contributed by atoms with E-state index in [1.54, 1.807) is 4.90 Å². The molecule has 1 spiro atoms. The third-order valence-corrected chi connectivity index (χ3v) is 7.77. The average Bonchev–Trinajstić information content (AvgIpc) is 3.20. The maximum atomic E-state index is 13.9. The molecule has 5 rings (SSSR count). The van der Waals surface area contributed by atoms with Gasteiger partial charge < -0.3 is 20.0 Å². The second kappa shape index (κ2) is 10.7. The van der Waals surface area contributed by atoms with E-state index in [4.69, 9.17) is 0 Å². The summed E-state index contributed by atoms with van der Waals surface area (Å²) in [4.78, 5) is 45.7. The third-order valence-electron chi connectivity index (χ3n) is 7.77. The first-order valence-corrected chi connectivity index (χ1v) is 13.2. The van der Waals surface area contributed by atoms with E-state index in [1.807, 2.05) is 104 Å². The van der Waals surface area contributed by atoms with Gasteiger partial charge in [-0.1, -0.05) is 66.2 Å². The highest BCUT2D eigenvalue weighted by molar-refractivity contribution is 5.97. The van der Waals surface area contributed by atoms with Crippen LogP contribution in [0.5, 0.6) is 0 Å². The number of benzene rings is 3. The highest BCUT2D eigenvalue weighted by Crippen LogP contribution is 2.39. The summed E-state index contributed by atoms with van der Waals surface area (Å²) in [6, 6.07) is 27.1. The Morgan fingerprint density at radius 1 is 0.895 bits per heavy atom. The smallest absolute Gasteiger partial charge is 0.253 e. The van der Waals surface area contributed by atoms with Crippen molar-refractivity contribution in [2.24, 2.45) is 0 Å². The summed E-state index contributed by atoms with van der Waals surface area (Å²) in [5, 5.41) is 3.03. The van der Waals surface area contributed by atoms with E-state index in [9.17, 15) is 14.4 Å². The maximum Gasteiger partial charge on any atom is 0.253 e. The van der Waals surface area contributed by atoms with Crippen LogP contribution in [0.2, 0.25) is 0 Å². The lowest BCUT2D eigenvalue weighted by atomic mass is 9.85. The van der Waals surface area contributed by atoms with E-state index in [1.165, 1.54) is 0 Å². The second-order valence-corrected chi connectivity index (χ2v) is 10.3. The summed E-state index contributed by atoms with van der Waals surface area (Å²) in [5.41, 5.74) is 2.95. The molecule has 0 aromatic heterocycles. The van der Waals surface area contributed by atoms with Crippen LogP contribution in [0.15, 0.2) is 84.9 Å². The molecule has 0 radical (unpaired) electrons.